The van der Waals surface area contributed by atoms with E-state index in [4.69, 9.17) is 4.74 Å². The van der Waals surface area contributed by atoms with Crippen molar-refractivity contribution in [3.8, 4) is 0 Å². The van der Waals surface area contributed by atoms with Crippen LogP contribution in [-0.2, 0) is 16.0 Å². The summed E-state index contributed by atoms with van der Waals surface area (Å²) in [5, 5.41) is 0. The standard InChI is InChI=1S/C20H21FO2/c1-3-23-20(22)19(17-7-5-4-6-8-17)15(2)9-10-16-11-13-18(21)14-12-16/h4-8,11-14H,3,9-10H2,1-2H3/b19-15-. The van der Waals surface area contributed by atoms with Gasteiger partial charge in [0.05, 0.1) is 12.2 Å². The molecule has 0 aliphatic carbocycles. The first-order valence-corrected chi connectivity index (χ1v) is 7.78. The molecule has 2 aromatic rings. The number of hydrogen-bond donors (Lipinski definition) is 0. The molecule has 0 spiro atoms. The van der Waals surface area contributed by atoms with Crippen molar-refractivity contribution in [2.75, 3.05) is 6.61 Å². The predicted molar refractivity (Wildman–Crippen MR) is 90.4 cm³/mol. The zero-order chi connectivity index (χ0) is 16.7. The number of rotatable bonds is 6. The number of esters is 1. The van der Waals surface area contributed by atoms with Crippen molar-refractivity contribution in [2.45, 2.75) is 26.7 Å². The van der Waals surface area contributed by atoms with Gasteiger partial charge in [0.1, 0.15) is 5.82 Å². The van der Waals surface area contributed by atoms with E-state index in [-0.39, 0.29) is 11.8 Å². The Bertz CT molecular complexity index is 673. The SMILES string of the molecule is CCOC(=O)/C(=C(/C)CCc1ccc(F)cc1)c1ccccc1. The van der Waals surface area contributed by atoms with Crippen LogP contribution < -0.4 is 0 Å². The van der Waals surface area contributed by atoms with Gasteiger partial charge in [-0.1, -0.05) is 48.0 Å². The largest absolute Gasteiger partial charge is 0.462 e. The lowest BCUT2D eigenvalue weighted by Crippen LogP contribution is -2.09. The molecular formula is C20H21FO2. The van der Waals surface area contributed by atoms with Crippen molar-refractivity contribution in [1.29, 1.82) is 0 Å². The van der Waals surface area contributed by atoms with Gasteiger partial charge in [0.15, 0.2) is 0 Å². The molecule has 2 nitrogen and oxygen atoms in total. The van der Waals surface area contributed by atoms with Crippen molar-refractivity contribution < 1.29 is 13.9 Å². The van der Waals surface area contributed by atoms with E-state index in [9.17, 15) is 9.18 Å². The van der Waals surface area contributed by atoms with Gasteiger partial charge in [0.25, 0.3) is 0 Å². The average molecular weight is 312 g/mol. The number of carbonyl (C=O) groups is 1. The minimum absolute atomic E-state index is 0.238. The van der Waals surface area contributed by atoms with Gasteiger partial charge in [-0.3, -0.25) is 0 Å². The first-order chi connectivity index (χ1) is 11.1. The Morgan fingerprint density at radius 3 is 2.30 bits per heavy atom. The summed E-state index contributed by atoms with van der Waals surface area (Å²) in [4.78, 5) is 12.3. The molecule has 0 radical (unpaired) electrons. The number of allylic oxidation sites excluding steroid dienone is 1. The van der Waals surface area contributed by atoms with Crippen molar-refractivity contribution in [1.82, 2.24) is 0 Å². The third-order valence-electron chi connectivity index (χ3n) is 3.67. The Morgan fingerprint density at radius 2 is 1.70 bits per heavy atom. The second-order valence-corrected chi connectivity index (χ2v) is 5.37. The fourth-order valence-corrected chi connectivity index (χ4v) is 2.45. The Kier molecular flexibility index (Phi) is 6.10. The maximum absolute atomic E-state index is 13.0. The molecule has 0 atom stereocenters. The number of halogens is 1. The smallest absolute Gasteiger partial charge is 0.338 e. The molecule has 0 saturated carbocycles. The summed E-state index contributed by atoms with van der Waals surface area (Å²) in [5.41, 5.74) is 3.50. The molecular weight excluding hydrogens is 291 g/mol. The number of ether oxygens (including phenoxy) is 1. The van der Waals surface area contributed by atoms with Gasteiger partial charge in [0.2, 0.25) is 0 Å². The summed E-state index contributed by atoms with van der Waals surface area (Å²) in [5.74, 6) is -0.534. The van der Waals surface area contributed by atoms with E-state index < -0.39 is 0 Å². The summed E-state index contributed by atoms with van der Waals surface area (Å²) >= 11 is 0. The van der Waals surface area contributed by atoms with Crippen molar-refractivity contribution in [2.24, 2.45) is 0 Å². The molecule has 120 valence electrons. The van der Waals surface area contributed by atoms with E-state index in [0.717, 1.165) is 23.1 Å². The first kappa shape index (κ1) is 16.9. The summed E-state index contributed by atoms with van der Waals surface area (Å²) in [6, 6.07) is 16.0. The number of carbonyl (C=O) groups excluding carboxylic acids is 1. The summed E-state index contributed by atoms with van der Waals surface area (Å²) in [6.07, 6.45) is 1.47. The highest BCUT2D eigenvalue weighted by Gasteiger charge is 2.16. The van der Waals surface area contributed by atoms with E-state index in [1.54, 1.807) is 19.1 Å². The normalized spacial score (nSPS) is 11.8. The Balaban J connectivity index is 2.22. The van der Waals surface area contributed by atoms with Gasteiger partial charge < -0.3 is 4.74 Å². The zero-order valence-corrected chi connectivity index (χ0v) is 13.5. The molecule has 0 unspecified atom stereocenters. The van der Waals surface area contributed by atoms with Crippen LogP contribution in [0.1, 0.15) is 31.4 Å². The Morgan fingerprint density at radius 1 is 1.04 bits per heavy atom. The van der Waals surface area contributed by atoms with E-state index >= 15 is 0 Å². The predicted octanol–water partition coefficient (Wildman–Crippen LogP) is 4.80. The van der Waals surface area contributed by atoms with Crippen LogP contribution in [0.3, 0.4) is 0 Å². The quantitative estimate of drug-likeness (QED) is 0.566. The summed E-state index contributed by atoms with van der Waals surface area (Å²) in [7, 11) is 0. The van der Waals surface area contributed by atoms with Crippen molar-refractivity contribution in [3.63, 3.8) is 0 Å². The second-order valence-electron chi connectivity index (χ2n) is 5.37. The topological polar surface area (TPSA) is 26.3 Å². The van der Waals surface area contributed by atoms with Gasteiger partial charge in [-0.25, -0.2) is 9.18 Å². The Hall–Kier alpha value is -2.42. The van der Waals surface area contributed by atoms with Crippen LogP contribution in [0.25, 0.3) is 5.57 Å². The molecule has 0 aliphatic heterocycles. The molecule has 0 aromatic heterocycles. The van der Waals surface area contributed by atoms with E-state index in [1.165, 1.54) is 12.1 Å². The summed E-state index contributed by atoms with van der Waals surface area (Å²) < 4.78 is 18.2. The minimum atomic E-state index is -0.296. The maximum Gasteiger partial charge on any atom is 0.338 e. The van der Waals surface area contributed by atoms with Crippen LogP contribution in [-0.4, -0.2) is 12.6 Å². The highest BCUT2D eigenvalue weighted by Crippen LogP contribution is 2.23. The van der Waals surface area contributed by atoms with E-state index in [1.807, 2.05) is 37.3 Å². The highest BCUT2D eigenvalue weighted by atomic mass is 19.1. The lowest BCUT2D eigenvalue weighted by Gasteiger charge is -2.12. The van der Waals surface area contributed by atoms with Crippen molar-refractivity contribution in [3.05, 3.63) is 77.1 Å². The molecule has 0 heterocycles. The lowest BCUT2D eigenvalue weighted by molar-refractivity contribution is -0.136. The monoisotopic (exact) mass is 312 g/mol. The molecule has 0 fully saturated rings. The second kappa shape index (κ2) is 8.28. The molecule has 0 amide bonds. The third kappa shape index (κ3) is 4.78. The first-order valence-electron chi connectivity index (χ1n) is 7.78. The van der Waals surface area contributed by atoms with Crippen LogP contribution in [0.5, 0.6) is 0 Å². The molecule has 0 bridgehead atoms. The van der Waals surface area contributed by atoms with E-state index in [2.05, 4.69) is 0 Å². The number of aryl methyl sites for hydroxylation is 1. The third-order valence-corrected chi connectivity index (χ3v) is 3.67. The molecule has 0 aliphatic rings. The van der Waals surface area contributed by atoms with Crippen molar-refractivity contribution >= 4 is 11.5 Å². The van der Waals surface area contributed by atoms with Crippen LogP contribution >= 0.6 is 0 Å². The molecule has 0 N–H and O–H groups in total. The number of hydrogen-bond acceptors (Lipinski definition) is 2. The molecule has 2 aromatic carbocycles. The van der Waals surface area contributed by atoms with Crippen LogP contribution in [0.2, 0.25) is 0 Å². The lowest BCUT2D eigenvalue weighted by atomic mass is 9.96. The van der Waals surface area contributed by atoms with Crippen LogP contribution in [0.15, 0.2) is 60.2 Å². The van der Waals surface area contributed by atoms with Gasteiger partial charge in [0, 0.05) is 0 Å². The fourth-order valence-electron chi connectivity index (χ4n) is 2.45. The maximum atomic E-state index is 13.0. The average Bonchev–Trinajstić information content (AvgIpc) is 2.56. The van der Waals surface area contributed by atoms with Gasteiger partial charge in [-0.05, 0) is 49.9 Å². The van der Waals surface area contributed by atoms with Crippen LogP contribution in [0, 0.1) is 5.82 Å². The molecule has 23 heavy (non-hydrogen) atoms. The summed E-state index contributed by atoms with van der Waals surface area (Å²) in [6.45, 7) is 4.09. The minimum Gasteiger partial charge on any atom is -0.462 e. The fraction of sp³-hybridized carbons (Fsp3) is 0.250. The van der Waals surface area contributed by atoms with Gasteiger partial charge >= 0.3 is 5.97 Å². The molecule has 2 rings (SSSR count). The van der Waals surface area contributed by atoms with E-state index in [0.29, 0.717) is 18.6 Å². The number of benzene rings is 2. The Labute approximate surface area is 136 Å². The molecule has 3 heteroatoms. The molecule has 0 saturated heterocycles. The van der Waals surface area contributed by atoms with Gasteiger partial charge in [-0.15, -0.1) is 0 Å². The zero-order valence-electron chi connectivity index (χ0n) is 13.5. The van der Waals surface area contributed by atoms with Gasteiger partial charge in [-0.2, -0.15) is 0 Å². The highest BCUT2D eigenvalue weighted by molar-refractivity contribution is 6.17. The van der Waals surface area contributed by atoms with Crippen LogP contribution in [0.4, 0.5) is 4.39 Å².